The number of halogens is 1. The number of methoxy groups -OCH3 is 1. The molecule has 5 rings (SSSR count). The van der Waals surface area contributed by atoms with E-state index in [4.69, 9.17) is 18.9 Å². The first-order chi connectivity index (χ1) is 24.1. The zero-order valence-electron chi connectivity index (χ0n) is 28.5. The van der Waals surface area contributed by atoms with Crippen LogP contribution in [0.2, 0.25) is 0 Å². The maximum absolute atomic E-state index is 13.2. The Hall–Kier alpha value is -5.82. The van der Waals surface area contributed by atoms with Crippen LogP contribution >= 0.6 is 0 Å². The molecule has 0 unspecified atom stereocenters. The summed E-state index contributed by atoms with van der Waals surface area (Å²) in [5.41, 5.74) is 8.55. The SMILES string of the molecule is CCOc1cc([C@H]2NC(=O)NC(C)=C2C(=O)OC)ccc1OC[C@H](O)N/N=C/c1cc(C)n(-c2ccc(OCc3ccc(F)cc3)cc2)c1C. The van der Waals surface area contributed by atoms with Crippen molar-refractivity contribution < 1.29 is 38.0 Å². The summed E-state index contributed by atoms with van der Waals surface area (Å²) in [5, 5.41) is 20.1. The number of aliphatic hydroxyl groups is 1. The van der Waals surface area contributed by atoms with Crippen LogP contribution in [0.25, 0.3) is 5.69 Å². The van der Waals surface area contributed by atoms with Gasteiger partial charge >= 0.3 is 12.0 Å². The number of nitrogens with one attached hydrogen (secondary N) is 3. The molecule has 0 saturated carbocycles. The Morgan fingerprint density at radius 1 is 1.02 bits per heavy atom. The van der Waals surface area contributed by atoms with E-state index >= 15 is 0 Å². The van der Waals surface area contributed by atoms with E-state index in [1.165, 1.54) is 19.2 Å². The van der Waals surface area contributed by atoms with E-state index in [2.05, 4.69) is 25.7 Å². The molecule has 4 aromatic rings. The number of amides is 2. The number of aryl methyl sites for hydroxylation is 1. The number of esters is 1. The predicted molar refractivity (Wildman–Crippen MR) is 185 cm³/mol. The van der Waals surface area contributed by atoms with Gasteiger partial charge in [-0.1, -0.05) is 18.2 Å². The summed E-state index contributed by atoms with van der Waals surface area (Å²) in [4.78, 5) is 24.7. The Balaban J connectivity index is 1.19. The summed E-state index contributed by atoms with van der Waals surface area (Å²) in [5.74, 6) is 0.568. The summed E-state index contributed by atoms with van der Waals surface area (Å²) in [7, 11) is 1.28. The molecule has 0 spiro atoms. The van der Waals surface area contributed by atoms with Crippen LogP contribution in [-0.4, -0.2) is 54.4 Å². The van der Waals surface area contributed by atoms with Crippen LogP contribution in [0.5, 0.6) is 17.2 Å². The fourth-order valence-corrected chi connectivity index (χ4v) is 5.57. The highest BCUT2D eigenvalue weighted by Gasteiger charge is 2.32. The van der Waals surface area contributed by atoms with Crippen molar-refractivity contribution >= 4 is 18.2 Å². The number of hydrazone groups is 1. The molecule has 0 saturated heterocycles. The number of carbonyl (C=O) groups is 2. The normalized spacial score (nSPS) is 14.9. The van der Waals surface area contributed by atoms with Gasteiger partial charge in [-0.3, -0.25) is 5.43 Å². The van der Waals surface area contributed by atoms with Crippen molar-refractivity contribution in [2.24, 2.45) is 5.10 Å². The number of hydrogen-bond acceptors (Lipinski definition) is 9. The van der Waals surface area contributed by atoms with Gasteiger partial charge in [0.1, 0.15) is 24.8 Å². The fourth-order valence-electron chi connectivity index (χ4n) is 5.57. The second-order valence-electron chi connectivity index (χ2n) is 11.5. The molecule has 1 aromatic heterocycles. The van der Waals surface area contributed by atoms with Gasteiger partial charge in [-0.25, -0.2) is 14.0 Å². The summed E-state index contributed by atoms with van der Waals surface area (Å²) in [6, 6.07) is 19.7. The lowest BCUT2D eigenvalue weighted by Crippen LogP contribution is -2.45. The van der Waals surface area contributed by atoms with Gasteiger partial charge in [0.15, 0.2) is 17.7 Å². The third kappa shape index (κ3) is 8.42. The molecule has 0 aliphatic carbocycles. The Labute approximate surface area is 289 Å². The number of benzene rings is 3. The number of hydrogen-bond donors (Lipinski definition) is 4. The van der Waals surface area contributed by atoms with E-state index in [0.717, 1.165) is 28.2 Å². The van der Waals surface area contributed by atoms with Crippen LogP contribution in [-0.2, 0) is 16.1 Å². The maximum Gasteiger partial charge on any atom is 0.337 e. The van der Waals surface area contributed by atoms with Crippen LogP contribution in [0.4, 0.5) is 9.18 Å². The van der Waals surface area contributed by atoms with E-state index in [1.54, 1.807) is 43.5 Å². The van der Waals surface area contributed by atoms with Crippen molar-refractivity contribution in [2.75, 3.05) is 20.3 Å². The first-order valence-corrected chi connectivity index (χ1v) is 16.0. The predicted octanol–water partition coefficient (Wildman–Crippen LogP) is 5.33. The van der Waals surface area contributed by atoms with E-state index in [9.17, 15) is 19.1 Å². The standard InChI is InChI=1S/C37H40FN5O7/c1-6-48-32-18-26(35-34(36(45)47-5)23(3)40-37(46)41-35)9-16-31(32)50-21-33(44)42-39-19-27-17-22(2)43(24(27)4)29-12-14-30(15-13-29)49-20-25-7-10-28(38)11-8-25/h7-19,33,35,42,44H,6,20-21H2,1-5H3,(H2,40,41,46)/b39-19+/t33-,35+/m0/s1. The van der Waals surface area contributed by atoms with Crippen LogP contribution < -0.4 is 30.3 Å². The van der Waals surface area contributed by atoms with Gasteiger partial charge in [-0.2, -0.15) is 5.10 Å². The Morgan fingerprint density at radius 2 is 1.76 bits per heavy atom. The molecule has 0 radical (unpaired) electrons. The molecule has 1 aliphatic heterocycles. The number of aromatic nitrogens is 1. The second kappa shape index (κ2) is 16.1. The zero-order valence-corrected chi connectivity index (χ0v) is 28.5. The van der Waals surface area contributed by atoms with Crippen LogP contribution in [0.1, 0.15) is 48.0 Å². The van der Waals surface area contributed by atoms with Crippen LogP contribution in [0.3, 0.4) is 0 Å². The van der Waals surface area contributed by atoms with E-state index in [1.807, 2.05) is 51.1 Å². The van der Waals surface area contributed by atoms with E-state index in [0.29, 0.717) is 41.7 Å². The molecular weight excluding hydrogens is 645 g/mol. The molecule has 2 heterocycles. The lowest BCUT2D eigenvalue weighted by Gasteiger charge is -2.28. The average Bonchev–Trinajstić information content (AvgIpc) is 3.38. The molecular formula is C37H40FN5O7. The Bertz CT molecular complexity index is 1890. The first-order valence-electron chi connectivity index (χ1n) is 16.0. The summed E-state index contributed by atoms with van der Waals surface area (Å²) in [6.07, 6.45) is 0.483. The third-order valence-corrected chi connectivity index (χ3v) is 7.98. The largest absolute Gasteiger partial charge is 0.490 e. The number of rotatable bonds is 14. The highest BCUT2D eigenvalue weighted by Crippen LogP contribution is 2.35. The zero-order chi connectivity index (χ0) is 35.8. The average molecular weight is 686 g/mol. The van der Waals surface area contributed by atoms with Gasteiger partial charge in [-0.05, 0) is 93.4 Å². The highest BCUT2D eigenvalue weighted by molar-refractivity contribution is 5.95. The van der Waals surface area contributed by atoms with Crippen molar-refractivity contribution in [1.82, 2.24) is 20.6 Å². The highest BCUT2D eigenvalue weighted by atomic mass is 19.1. The molecule has 0 fully saturated rings. The van der Waals surface area contributed by atoms with E-state index < -0.39 is 24.3 Å². The Kier molecular flexibility index (Phi) is 11.4. The minimum Gasteiger partial charge on any atom is -0.490 e. The van der Waals surface area contributed by atoms with Gasteiger partial charge in [0.25, 0.3) is 0 Å². The molecule has 2 amide bonds. The summed E-state index contributed by atoms with van der Waals surface area (Å²) in [6.45, 7) is 7.93. The monoisotopic (exact) mass is 685 g/mol. The van der Waals surface area contributed by atoms with Gasteiger partial charge in [0.2, 0.25) is 0 Å². The molecule has 3 aromatic carbocycles. The lowest BCUT2D eigenvalue weighted by atomic mass is 9.95. The lowest BCUT2D eigenvalue weighted by molar-refractivity contribution is -0.136. The molecule has 50 heavy (non-hydrogen) atoms. The molecule has 4 N–H and O–H groups in total. The van der Waals surface area contributed by atoms with Gasteiger partial charge in [0.05, 0.1) is 31.5 Å². The molecule has 2 atom stereocenters. The van der Waals surface area contributed by atoms with E-state index in [-0.39, 0.29) is 18.0 Å². The third-order valence-electron chi connectivity index (χ3n) is 7.98. The molecule has 0 bridgehead atoms. The smallest absolute Gasteiger partial charge is 0.337 e. The minimum atomic E-state index is -1.15. The molecule has 1 aliphatic rings. The minimum absolute atomic E-state index is 0.151. The van der Waals surface area contributed by atoms with Crippen molar-refractivity contribution in [3.63, 3.8) is 0 Å². The molecule has 262 valence electrons. The van der Waals surface area contributed by atoms with Gasteiger partial charge in [0, 0.05) is 28.3 Å². The van der Waals surface area contributed by atoms with Crippen molar-refractivity contribution in [1.29, 1.82) is 0 Å². The molecule has 12 nitrogen and oxygen atoms in total. The summed E-state index contributed by atoms with van der Waals surface area (Å²) >= 11 is 0. The van der Waals surface area contributed by atoms with Crippen molar-refractivity contribution in [2.45, 2.75) is 46.6 Å². The number of carbonyl (C=O) groups excluding carboxylic acids is 2. The number of aliphatic hydroxyl groups excluding tert-OH is 1. The number of urea groups is 1. The number of nitrogens with zero attached hydrogens (tertiary/aromatic N) is 2. The fraction of sp³-hybridized carbons (Fsp3) is 0.270. The van der Waals surface area contributed by atoms with Crippen molar-refractivity contribution in [3.8, 4) is 22.9 Å². The van der Waals surface area contributed by atoms with Crippen LogP contribution in [0.15, 0.2) is 89.2 Å². The van der Waals surface area contributed by atoms with Crippen LogP contribution in [0, 0.1) is 19.7 Å². The molecule has 13 heteroatoms. The summed E-state index contributed by atoms with van der Waals surface area (Å²) < 4.78 is 37.7. The number of allylic oxidation sites excluding steroid dienone is 1. The quantitative estimate of drug-likeness (QED) is 0.0604. The number of ether oxygens (including phenoxy) is 4. The van der Waals surface area contributed by atoms with Gasteiger partial charge < -0.3 is 39.3 Å². The first kappa shape index (κ1) is 35.5. The second-order valence-corrected chi connectivity index (χ2v) is 11.5. The topological polar surface area (TPSA) is 145 Å². The van der Waals surface area contributed by atoms with Crippen molar-refractivity contribution in [3.05, 3.63) is 118 Å². The maximum atomic E-state index is 13.2. The Morgan fingerprint density at radius 3 is 2.46 bits per heavy atom. The van der Waals surface area contributed by atoms with Gasteiger partial charge in [-0.15, -0.1) is 0 Å².